The van der Waals surface area contributed by atoms with E-state index in [1.165, 1.54) is 0 Å². The monoisotopic (exact) mass is 314 g/mol. The molecule has 1 unspecified atom stereocenters. The van der Waals surface area contributed by atoms with Gasteiger partial charge in [-0.2, -0.15) is 0 Å². The van der Waals surface area contributed by atoms with E-state index in [1.807, 2.05) is 0 Å². The van der Waals surface area contributed by atoms with E-state index < -0.39 is 8.32 Å². The van der Waals surface area contributed by atoms with Crippen LogP contribution in [-0.2, 0) is 9.22 Å². The van der Waals surface area contributed by atoms with Crippen LogP contribution in [-0.4, -0.2) is 20.2 Å². The van der Waals surface area contributed by atoms with Gasteiger partial charge in [-0.05, 0) is 36.2 Å². The number of rotatable bonds is 2. The molecular weight excluding hydrogens is 288 g/mol. The molecule has 2 aliphatic rings. The third kappa shape index (κ3) is 3.91. The summed E-state index contributed by atoms with van der Waals surface area (Å²) in [5, 5.41) is 0.137. The average Bonchev–Trinajstić information content (AvgIpc) is 2.76. The van der Waals surface area contributed by atoms with E-state index in [0.717, 1.165) is 6.42 Å². The van der Waals surface area contributed by atoms with Crippen molar-refractivity contribution in [3.63, 3.8) is 0 Å². The lowest BCUT2D eigenvalue weighted by Crippen LogP contribution is -2.46. The van der Waals surface area contributed by atoms with Gasteiger partial charge in [0.2, 0.25) is 0 Å². The molecule has 0 aromatic heterocycles. The van der Waals surface area contributed by atoms with E-state index in [2.05, 4.69) is 57.5 Å². The first kappa shape index (κ1) is 17.1. The highest BCUT2D eigenvalue weighted by atomic mass is 28.4. The number of allylic oxidation sites excluding steroid dienone is 2. The summed E-state index contributed by atoms with van der Waals surface area (Å²) in [6, 6.07) is 0. The first-order valence-corrected chi connectivity index (χ1v) is 11.0. The van der Waals surface area contributed by atoms with Crippen molar-refractivity contribution in [3.05, 3.63) is 12.2 Å². The van der Waals surface area contributed by atoms with E-state index in [4.69, 9.17) is 4.43 Å². The second-order valence-corrected chi connectivity index (χ2v) is 12.6. The Kier molecular flexibility index (Phi) is 5.00. The summed E-state index contributed by atoms with van der Waals surface area (Å²) in [7, 11) is -1.92. The van der Waals surface area contributed by atoms with Crippen LogP contribution in [0.2, 0.25) is 18.1 Å². The van der Waals surface area contributed by atoms with E-state index in [0.29, 0.717) is 18.6 Å². The van der Waals surface area contributed by atoms with Crippen LogP contribution < -0.4 is 0 Å². The Morgan fingerprint density at radius 2 is 1.86 bits per heavy atom. The number of ketones is 1. The molecule has 0 saturated heterocycles. The zero-order valence-electron chi connectivity index (χ0n) is 14.3. The minimum Gasteiger partial charge on any atom is -0.403 e. The molecule has 22 heavy (non-hydrogen) atoms. The van der Waals surface area contributed by atoms with Crippen molar-refractivity contribution >= 4 is 14.1 Å². The maximum atomic E-state index is 12.0. The number of hydrogen-bond acceptors (Lipinski definition) is 2. The van der Waals surface area contributed by atoms with Crippen LogP contribution >= 0.6 is 0 Å². The molecular formula is C19H26O2Si. The second kappa shape index (κ2) is 6.45. The summed E-state index contributed by atoms with van der Waals surface area (Å²) in [4.78, 5) is 12.0. The fourth-order valence-electron chi connectivity index (χ4n) is 2.72. The van der Waals surface area contributed by atoms with Crippen LogP contribution in [0.3, 0.4) is 0 Å². The fourth-order valence-corrected chi connectivity index (χ4v) is 3.94. The van der Waals surface area contributed by atoms with Gasteiger partial charge in [-0.25, -0.2) is 0 Å². The SMILES string of the molecule is CC(C)(C)[Si](C)(C)OC1C#C/C=C\C#CC[C@H]2CC(=O)C[C@H]12. The van der Waals surface area contributed by atoms with Crippen LogP contribution in [0.5, 0.6) is 0 Å². The van der Waals surface area contributed by atoms with Crippen LogP contribution in [0.15, 0.2) is 12.2 Å². The van der Waals surface area contributed by atoms with Gasteiger partial charge in [0.05, 0.1) is 0 Å². The van der Waals surface area contributed by atoms with Gasteiger partial charge >= 0.3 is 0 Å². The molecule has 0 amide bonds. The van der Waals surface area contributed by atoms with Gasteiger partial charge in [0.1, 0.15) is 11.9 Å². The maximum Gasteiger partial charge on any atom is 0.193 e. The molecule has 0 radical (unpaired) electrons. The maximum absolute atomic E-state index is 12.0. The van der Waals surface area contributed by atoms with Gasteiger partial charge in [0.25, 0.3) is 0 Å². The molecule has 2 nitrogen and oxygen atoms in total. The second-order valence-electron chi connectivity index (χ2n) is 7.82. The predicted molar refractivity (Wildman–Crippen MR) is 92.6 cm³/mol. The van der Waals surface area contributed by atoms with Crippen LogP contribution in [0.25, 0.3) is 0 Å². The molecule has 0 aromatic carbocycles. The minimum atomic E-state index is -1.92. The molecule has 0 spiro atoms. The van der Waals surface area contributed by atoms with Crippen molar-refractivity contribution in [3.8, 4) is 23.7 Å². The molecule has 2 aliphatic carbocycles. The van der Waals surface area contributed by atoms with Crippen molar-refractivity contribution in [2.24, 2.45) is 11.8 Å². The molecule has 0 aliphatic heterocycles. The summed E-state index contributed by atoms with van der Waals surface area (Å²) in [6.07, 6.45) is 5.40. The number of fused-ring (bicyclic) bond motifs is 1. The molecule has 3 heteroatoms. The molecule has 2 rings (SSSR count). The Bertz CT molecular complexity index is 587. The molecule has 1 fully saturated rings. The summed E-state index contributed by atoms with van der Waals surface area (Å²) in [6.45, 7) is 11.2. The van der Waals surface area contributed by atoms with Crippen molar-refractivity contribution in [1.29, 1.82) is 0 Å². The molecule has 3 atom stereocenters. The van der Waals surface area contributed by atoms with Crippen LogP contribution in [0, 0.1) is 35.5 Å². The predicted octanol–water partition coefficient (Wildman–Crippen LogP) is 3.94. The Labute approximate surface area is 135 Å². The van der Waals surface area contributed by atoms with E-state index in [9.17, 15) is 4.79 Å². The summed E-state index contributed by atoms with van der Waals surface area (Å²) >= 11 is 0. The van der Waals surface area contributed by atoms with Gasteiger partial charge in [-0.3, -0.25) is 4.79 Å². The number of Topliss-reactive ketones (excluding diaryl/α,β-unsaturated/α-hetero) is 1. The number of carbonyl (C=O) groups excluding carboxylic acids is 1. The third-order valence-corrected chi connectivity index (χ3v) is 9.57. The number of hydrogen-bond donors (Lipinski definition) is 0. The van der Waals surface area contributed by atoms with E-state index >= 15 is 0 Å². The Balaban J connectivity index is 2.29. The van der Waals surface area contributed by atoms with E-state index in [-0.39, 0.29) is 23.0 Å². The van der Waals surface area contributed by atoms with Gasteiger partial charge in [-0.15, -0.1) is 0 Å². The zero-order valence-corrected chi connectivity index (χ0v) is 15.3. The van der Waals surface area contributed by atoms with Crippen molar-refractivity contribution in [1.82, 2.24) is 0 Å². The smallest absolute Gasteiger partial charge is 0.193 e. The summed E-state index contributed by atoms with van der Waals surface area (Å²) in [5.74, 6) is 13.3. The molecule has 0 bridgehead atoms. The minimum absolute atomic E-state index is 0.137. The topological polar surface area (TPSA) is 26.3 Å². The van der Waals surface area contributed by atoms with E-state index in [1.54, 1.807) is 12.2 Å². The Morgan fingerprint density at radius 3 is 2.55 bits per heavy atom. The van der Waals surface area contributed by atoms with Crippen LogP contribution in [0.4, 0.5) is 0 Å². The van der Waals surface area contributed by atoms with Crippen molar-refractivity contribution < 1.29 is 9.22 Å². The Morgan fingerprint density at radius 1 is 1.18 bits per heavy atom. The Hall–Kier alpha value is -1.29. The molecule has 0 heterocycles. The normalized spacial score (nSPS) is 29.7. The standard InChI is InChI=1S/C19H26O2Si/c1-19(2,3)22(4,5)21-18-12-10-8-6-7-9-11-15-13-16(20)14-17(15)18/h6,8,15,17-18H,11,13-14H2,1-5H3/b8-6-/t15-,17-,18?/m0/s1. The summed E-state index contributed by atoms with van der Waals surface area (Å²) < 4.78 is 6.57. The van der Waals surface area contributed by atoms with Gasteiger partial charge in [-0.1, -0.05) is 44.5 Å². The molecule has 0 N–H and O–H groups in total. The van der Waals surface area contributed by atoms with Crippen LogP contribution in [0.1, 0.15) is 40.0 Å². The van der Waals surface area contributed by atoms with Gasteiger partial charge < -0.3 is 4.43 Å². The average molecular weight is 315 g/mol. The van der Waals surface area contributed by atoms with Crippen molar-refractivity contribution in [2.75, 3.05) is 0 Å². The first-order valence-electron chi connectivity index (χ1n) is 8.05. The fraction of sp³-hybridized carbons (Fsp3) is 0.632. The lowest BCUT2D eigenvalue weighted by Gasteiger charge is -2.40. The summed E-state index contributed by atoms with van der Waals surface area (Å²) in [5.41, 5.74) is 0. The first-order chi connectivity index (χ1) is 10.2. The molecule has 1 saturated carbocycles. The zero-order chi connectivity index (χ0) is 16.4. The highest BCUT2D eigenvalue weighted by Gasteiger charge is 2.44. The highest BCUT2D eigenvalue weighted by molar-refractivity contribution is 6.74. The van der Waals surface area contributed by atoms with Gasteiger partial charge in [0.15, 0.2) is 8.32 Å². The molecule has 118 valence electrons. The third-order valence-electron chi connectivity index (χ3n) is 5.12. The lowest BCUT2D eigenvalue weighted by atomic mass is 9.88. The lowest BCUT2D eigenvalue weighted by molar-refractivity contribution is -0.117. The quantitative estimate of drug-likeness (QED) is 0.570. The highest BCUT2D eigenvalue weighted by Crippen LogP contribution is 2.41. The largest absolute Gasteiger partial charge is 0.403 e. The molecule has 0 aromatic rings. The van der Waals surface area contributed by atoms with Crippen molar-refractivity contribution in [2.45, 2.75) is 64.3 Å². The van der Waals surface area contributed by atoms with Gasteiger partial charge in [0, 0.05) is 25.2 Å². The number of carbonyl (C=O) groups is 1.